The van der Waals surface area contributed by atoms with Gasteiger partial charge in [-0.1, -0.05) is 66.2 Å². The van der Waals surface area contributed by atoms with Gasteiger partial charge in [-0.2, -0.15) is 4.31 Å². The minimum Gasteiger partial charge on any atom is -0.489 e. The quantitative estimate of drug-likeness (QED) is 0.299. The van der Waals surface area contributed by atoms with Crippen LogP contribution < -0.4 is 10.1 Å². The molecule has 0 saturated carbocycles. The lowest BCUT2D eigenvalue weighted by atomic mass is 10.2. The number of ether oxygens (including phenoxy) is 1. The molecule has 0 atom stereocenters. The summed E-state index contributed by atoms with van der Waals surface area (Å²) < 4.78 is 47.9. The number of anilines is 1. The van der Waals surface area contributed by atoms with Gasteiger partial charge in [0.25, 0.3) is 0 Å². The molecule has 4 rings (SSSR count). The molecule has 37 heavy (non-hydrogen) atoms. The van der Waals surface area contributed by atoms with Crippen molar-refractivity contribution in [1.82, 2.24) is 4.31 Å². The highest BCUT2D eigenvalue weighted by molar-refractivity contribution is 7.89. The zero-order valence-electron chi connectivity index (χ0n) is 20.3. The Morgan fingerprint density at radius 2 is 1.51 bits per heavy atom. The molecular formula is C29H27FN2O4S. The second-order valence-electron chi connectivity index (χ2n) is 8.52. The first-order valence-corrected chi connectivity index (χ1v) is 13.1. The number of aryl methyl sites for hydroxylation is 1. The van der Waals surface area contributed by atoms with Crippen LogP contribution in [0.15, 0.2) is 108 Å². The van der Waals surface area contributed by atoms with Crippen LogP contribution in [0.5, 0.6) is 5.75 Å². The van der Waals surface area contributed by atoms with Crippen LogP contribution in [-0.4, -0.2) is 25.2 Å². The Bertz CT molecular complexity index is 1440. The van der Waals surface area contributed by atoms with Crippen LogP contribution in [0.3, 0.4) is 0 Å². The van der Waals surface area contributed by atoms with E-state index in [0.717, 1.165) is 15.4 Å². The maximum absolute atomic E-state index is 14.4. The fourth-order valence-corrected chi connectivity index (χ4v) is 5.01. The molecular weight excluding hydrogens is 491 g/mol. The van der Waals surface area contributed by atoms with Gasteiger partial charge in [0.05, 0.1) is 11.4 Å². The number of benzene rings is 4. The van der Waals surface area contributed by atoms with Gasteiger partial charge < -0.3 is 10.1 Å². The molecule has 0 spiro atoms. The summed E-state index contributed by atoms with van der Waals surface area (Å²) in [5.41, 5.74) is 2.58. The fourth-order valence-electron chi connectivity index (χ4n) is 3.64. The van der Waals surface area contributed by atoms with Crippen LogP contribution in [-0.2, 0) is 28.0 Å². The summed E-state index contributed by atoms with van der Waals surface area (Å²) in [4.78, 5) is 12.9. The van der Waals surface area contributed by atoms with Crippen molar-refractivity contribution in [2.75, 3.05) is 11.9 Å². The molecule has 0 saturated heterocycles. The number of nitrogens with zero attached hydrogens (tertiary/aromatic N) is 1. The number of sulfonamides is 1. The van der Waals surface area contributed by atoms with E-state index in [1.807, 2.05) is 37.3 Å². The molecule has 6 nitrogen and oxygen atoms in total. The molecule has 0 aromatic heterocycles. The fraction of sp³-hybridized carbons (Fsp3) is 0.138. The number of carbonyl (C=O) groups is 1. The maximum atomic E-state index is 14.4. The second kappa shape index (κ2) is 11.8. The molecule has 0 heterocycles. The van der Waals surface area contributed by atoms with E-state index in [9.17, 15) is 17.6 Å². The summed E-state index contributed by atoms with van der Waals surface area (Å²) in [6.07, 6.45) is 0. The van der Waals surface area contributed by atoms with Gasteiger partial charge in [-0.15, -0.1) is 0 Å². The number of amides is 1. The largest absolute Gasteiger partial charge is 0.489 e. The van der Waals surface area contributed by atoms with Gasteiger partial charge >= 0.3 is 0 Å². The standard InChI is InChI=1S/C29H27FN2O4S/c1-22-11-17-27(18-12-22)37(34,35)32(19-24-9-5-6-10-28(24)30)20-29(33)31-25-13-15-26(16-14-25)36-21-23-7-3-2-4-8-23/h2-18H,19-21H2,1H3,(H,31,33). The molecule has 0 radical (unpaired) electrons. The molecule has 1 amide bonds. The molecule has 0 aliphatic carbocycles. The molecule has 0 fully saturated rings. The van der Waals surface area contributed by atoms with Gasteiger partial charge in [0.15, 0.2) is 0 Å². The molecule has 8 heteroatoms. The monoisotopic (exact) mass is 518 g/mol. The molecule has 190 valence electrons. The van der Waals surface area contributed by atoms with Crippen LogP contribution >= 0.6 is 0 Å². The summed E-state index contributed by atoms with van der Waals surface area (Å²) in [6, 6.07) is 28.7. The molecule has 1 N–H and O–H groups in total. The van der Waals surface area contributed by atoms with Crippen molar-refractivity contribution in [2.24, 2.45) is 0 Å². The third-order valence-electron chi connectivity index (χ3n) is 5.67. The number of hydrogen-bond acceptors (Lipinski definition) is 4. The Balaban J connectivity index is 1.46. The Morgan fingerprint density at radius 1 is 0.865 bits per heavy atom. The van der Waals surface area contributed by atoms with E-state index in [2.05, 4.69) is 5.32 Å². The molecule has 0 bridgehead atoms. The number of halogens is 1. The highest BCUT2D eigenvalue weighted by Crippen LogP contribution is 2.21. The lowest BCUT2D eigenvalue weighted by Gasteiger charge is -2.22. The second-order valence-corrected chi connectivity index (χ2v) is 10.5. The Hall–Kier alpha value is -4.01. The van der Waals surface area contributed by atoms with Gasteiger partial charge in [0.2, 0.25) is 15.9 Å². The summed E-state index contributed by atoms with van der Waals surface area (Å²) >= 11 is 0. The third-order valence-corrected chi connectivity index (χ3v) is 7.48. The minimum atomic E-state index is -4.07. The zero-order valence-corrected chi connectivity index (χ0v) is 21.1. The van der Waals surface area contributed by atoms with Crippen molar-refractivity contribution in [3.63, 3.8) is 0 Å². The van der Waals surface area contributed by atoms with Crippen LogP contribution in [0, 0.1) is 12.7 Å². The first-order valence-electron chi connectivity index (χ1n) is 11.7. The van der Waals surface area contributed by atoms with E-state index < -0.39 is 28.3 Å². The van der Waals surface area contributed by atoms with E-state index in [1.165, 1.54) is 30.3 Å². The molecule has 0 aliphatic heterocycles. The maximum Gasteiger partial charge on any atom is 0.243 e. The number of hydrogen-bond donors (Lipinski definition) is 1. The Labute approximate surface area is 216 Å². The van der Waals surface area contributed by atoms with Gasteiger partial charge in [0.1, 0.15) is 18.2 Å². The number of nitrogens with one attached hydrogen (secondary N) is 1. The molecule has 4 aromatic carbocycles. The zero-order chi connectivity index (χ0) is 26.3. The van der Waals surface area contributed by atoms with Gasteiger partial charge in [-0.25, -0.2) is 12.8 Å². The van der Waals surface area contributed by atoms with Gasteiger partial charge in [-0.3, -0.25) is 4.79 Å². The van der Waals surface area contributed by atoms with Crippen LogP contribution in [0.2, 0.25) is 0 Å². The Morgan fingerprint density at radius 3 is 2.19 bits per heavy atom. The normalized spacial score (nSPS) is 11.3. The highest BCUT2D eigenvalue weighted by atomic mass is 32.2. The van der Waals surface area contributed by atoms with Gasteiger partial charge in [0, 0.05) is 17.8 Å². The van der Waals surface area contributed by atoms with Crippen LogP contribution in [0.1, 0.15) is 16.7 Å². The first kappa shape index (κ1) is 26.1. The molecule has 4 aromatic rings. The lowest BCUT2D eigenvalue weighted by Crippen LogP contribution is -2.37. The lowest BCUT2D eigenvalue weighted by molar-refractivity contribution is -0.116. The van der Waals surface area contributed by atoms with Crippen molar-refractivity contribution in [1.29, 1.82) is 0 Å². The third kappa shape index (κ3) is 7.03. The van der Waals surface area contributed by atoms with Crippen molar-refractivity contribution < 1.29 is 22.3 Å². The summed E-state index contributed by atoms with van der Waals surface area (Å²) in [5.74, 6) is -0.465. The first-order chi connectivity index (χ1) is 17.8. The Kier molecular flexibility index (Phi) is 8.32. The highest BCUT2D eigenvalue weighted by Gasteiger charge is 2.27. The summed E-state index contributed by atoms with van der Waals surface area (Å²) in [7, 11) is -4.07. The van der Waals surface area contributed by atoms with Crippen molar-refractivity contribution >= 4 is 21.6 Å². The van der Waals surface area contributed by atoms with E-state index in [-0.39, 0.29) is 17.0 Å². The van der Waals surface area contributed by atoms with Crippen molar-refractivity contribution in [2.45, 2.75) is 25.0 Å². The number of carbonyl (C=O) groups excluding carboxylic acids is 1. The van der Waals surface area contributed by atoms with Gasteiger partial charge in [-0.05, 0) is 55.0 Å². The van der Waals surface area contributed by atoms with Crippen molar-refractivity contribution in [3.8, 4) is 5.75 Å². The summed E-state index contributed by atoms with van der Waals surface area (Å²) in [6.45, 7) is 1.48. The van der Waals surface area contributed by atoms with Crippen molar-refractivity contribution in [3.05, 3.63) is 126 Å². The topological polar surface area (TPSA) is 75.7 Å². The minimum absolute atomic E-state index is 0.0298. The average molecular weight is 519 g/mol. The smallest absolute Gasteiger partial charge is 0.243 e. The van der Waals surface area contributed by atoms with E-state index in [1.54, 1.807) is 42.5 Å². The number of rotatable bonds is 10. The molecule has 0 aliphatic rings. The summed E-state index contributed by atoms with van der Waals surface area (Å²) in [5, 5.41) is 2.71. The molecule has 0 unspecified atom stereocenters. The van der Waals surface area contributed by atoms with Crippen LogP contribution in [0.4, 0.5) is 10.1 Å². The van der Waals surface area contributed by atoms with Crippen LogP contribution in [0.25, 0.3) is 0 Å². The van der Waals surface area contributed by atoms with E-state index in [4.69, 9.17) is 4.74 Å². The van der Waals surface area contributed by atoms with E-state index >= 15 is 0 Å². The predicted molar refractivity (Wildman–Crippen MR) is 141 cm³/mol. The predicted octanol–water partition coefficient (Wildman–Crippen LogP) is 5.54. The SMILES string of the molecule is Cc1ccc(S(=O)(=O)N(CC(=O)Nc2ccc(OCc3ccccc3)cc2)Cc2ccccc2F)cc1. The average Bonchev–Trinajstić information content (AvgIpc) is 2.90. The van der Waals surface area contributed by atoms with E-state index in [0.29, 0.717) is 18.0 Å².